The highest BCUT2D eigenvalue weighted by atomic mass is 16.6. The summed E-state index contributed by atoms with van der Waals surface area (Å²) in [6, 6.07) is 10.6. The minimum atomic E-state index is -1.11. The van der Waals surface area contributed by atoms with Crippen LogP contribution in [0.5, 0.6) is 5.75 Å². The summed E-state index contributed by atoms with van der Waals surface area (Å²) in [5.41, 5.74) is 0.502. The van der Waals surface area contributed by atoms with E-state index in [2.05, 4.69) is 5.32 Å². The number of hydrogen-bond donors (Lipinski definition) is 2. The van der Waals surface area contributed by atoms with E-state index in [0.29, 0.717) is 5.56 Å². The van der Waals surface area contributed by atoms with Gasteiger partial charge in [-0.2, -0.15) is 0 Å². The van der Waals surface area contributed by atoms with Gasteiger partial charge in [0.15, 0.2) is 0 Å². The Morgan fingerprint density at radius 3 is 2.22 bits per heavy atom. The molecule has 27 heavy (non-hydrogen) atoms. The SMILES string of the molecule is O=C(CNC(=O)OCc1ccc([N+](=O)[O-])cc1)Oc1ccc(C(=O)O)cc1. The minimum absolute atomic E-state index is 0.0442. The molecule has 2 rings (SSSR count). The topological polar surface area (TPSA) is 145 Å². The maximum absolute atomic E-state index is 11.6. The zero-order valence-electron chi connectivity index (χ0n) is 13.8. The molecule has 0 fully saturated rings. The molecule has 0 atom stereocenters. The van der Waals surface area contributed by atoms with Crippen LogP contribution >= 0.6 is 0 Å². The van der Waals surface area contributed by atoms with E-state index in [1.807, 2.05) is 0 Å². The molecule has 10 nitrogen and oxygen atoms in total. The first-order valence-corrected chi connectivity index (χ1v) is 7.53. The molecule has 0 saturated carbocycles. The van der Waals surface area contributed by atoms with Crippen LogP contribution in [0.15, 0.2) is 48.5 Å². The van der Waals surface area contributed by atoms with Crippen molar-refractivity contribution in [2.75, 3.05) is 6.54 Å². The number of amides is 1. The summed E-state index contributed by atoms with van der Waals surface area (Å²) < 4.78 is 9.81. The zero-order valence-corrected chi connectivity index (χ0v) is 13.8. The molecule has 0 aliphatic rings. The summed E-state index contributed by atoms with van der Waals surface area (Å²) in [5, 5.41) is 21.5. The second kappa shape index (κ2) is 8.94. The monoisotopic (exact) mass is 374 g/mol. The van der Waals surface area contributed by atoms with Crippen molar-refractivity contribution in [1.82, 2.24) is 5.32 Å². The van der Waals surface area contributed by atoms with Crippen molar-refractivity contribution in [3.63, 3.8) is 0 Å². The Morgan fingerprint density at radius 2 is 1.67 bits per heavy atom. The van der Waals surface area contributed by atoms with Crippen LogP contribution < -0.4 is 10.1 Å². The van der Waals surface area contributed by atoms with E-state index < -0.39 is 29.5 Å². The molecule has 0 aliphatic carbocycles. The molecule has 2 aromatic carbocycles. The van der Waals surface area contributed by atoms with E-state index in [1.165, 1.54) is 48.5 Å². The van der Waals surface area contributed by atoms with Gasteiger partial charge in [0.2, 0.25) is 0 Å². The number of hydrogen-bond acceptors (Lipinski definition) is 7. The summed E-state index contributed by atoms with van der Waals surface area (Å²) in [4.78, 5) is 43.9. The van der Waals surface area contributed by atoms with Crippen molar-refractivity contribution in [1.29, 1.82) is 0 Å². The van der Waals surface area contributed by atoms with E-state index in [-0.39, 0.29) is 23.6 Å². The van der Waals surface area contributed by atoms with Gasteiger partial charge in [-0.15, -0.1) is 0 Å². The molecule has 10 heteroatoms. The quantitative estimate of drug-likeness (QED) is 0.324. The van der Waals surface area contributed by atoms with Crippen LogP contribution in [0.3, 0.4) is 0 Å². The van der Waals surface area contributed by atoms with Gasteiger partial charge in [-0.05, 0) is 42.0 Å². The maximum atomic E-state index is 11.6. The molecular formula is C17H14N2O8. The van der Waals surface area contributed by atoms with Crippen molar-refractivity contribution >= 4 is 23.7 Å². The van der Waals surface area contributed by atoms with Crippen molar-refractivity contribution in [2.24, 2.45) is 0 Å². The van der Waals surface area contributed by atoms with Gasteiger partial charge in [0.05, 0.1) is 10.5 Å². The first kappa shape index (κ1) is 19.4. The van der Waals surface area contributed by atoms with Gasteiger partial charge in [-0.1, -0.05) is 0 Å². The van der Waals surface area contributed by atoms with Crippen molar-refractivity contribution < 1.29 is 33.9 Å². The molecule has 0 unspecified atom stereocenters. The highest BCUT2D eigenvalue weighted by Gasteiger charge is 2.10. The number of alkyl carbamates (subject to hydrolysis) is 1. The molecule has 0 aliphatic heterocycles. The summed E-state index contributed by atoms with van der Waals surface area (Å²) in [5.74, 6) is -1.75. The molecule has 0 saturated heterocycles. The van der Waals surface area contributed by atoms with E-state index >= 15 is 0 Å². The lowest BCUT2D eigenvalue weighted by molar-refractivity contribution is -0.384. The highest BCUT2D eigenvalue weighted by Crippen LogP contribution is 2.13. The first-order valence-electron chi connectivity index (χ1n) is 7.53. The molecule has 0 bridgehead atoms. The number of non-ortho nitro benzene ring substituents is 1. The van der Waals surface area contributed by atoms with Gasteiger partial charge < -0.3 is 19.9 Å². The normalized spacial score (nSPS) is 9.93. The van der Waals surface area contributed by atoms with E-state index in [1.54, 1.807) is 0 Å². The Kier molecular flexibility index (Phi) is 6.42. The summed E-state index contributed by atoms with van der Waals surface area (Å²) in [6.45, 7) is -0.588. The van der Waals surface area contributed by atoms with Crippen LogP contribution in [0.4, 0.5) is 10.5 Å². The maximum Gasteiger partial charge on any atom is 0.407 e. The van der Waals surface area contributed by atoms with Crippen LogP contribution in [0, 0.1) is 10.1 Å². The highest BCUT2D eigenvalue weighted by molar-refractivity contribution is 5.87. The molecule has 2 aromatic rings. The van der Waals surface area contributed by atoms with Gasteiger partial charge in [0.1, 0.15) is 18.9 Å². The summed E-state index contributed by atoms with van der Waals surface area (Å²) in [6.07, 6.45) is -0.869. The van der Waals surface area contributed by atoms with E-state index in [0.717, 1.165) is 0 Å². The van der Waals surface area contributed by atoms with E-state index in [4.69, 9.17) is 14.6 Å². The summed E-state index contributed by atoms with van der Waals surface area (Å²) in [7, 11) is 0. The number of ether oxygens (including phenoxy) is 2. The molecule has 0 aromatic heterocycles. The fourth-order valence-corrected chi connectivity index (χ4v) is 1.89. The van der Waals surface area contributed by atoms with Gasteiger partial charge in [-0.25, -0.2) is 14.4 Å². The first-order chi connectivity index (χ1) is 12.8. The predicted octanol–water partition coefficient (Wildman–Crippen LogP) is 2.12. The molecule has 2 N–H and O–H groups in total. The largest absolute Gasteiger partial charge is 0.478 e. The number of carboxylic acid groups (broad SMARTS) is 1. The number of carboxylic acids is 1. The van der Waals surface area contributed by atoms with Crippen molar-refractivity contribution in [2.45, 2.75) is 6.61 Å². The molecule has 0 heterocycles. The number of carbonyl (C=O) groups is 3. The predicted molar refractivity (Wildman–Crippen MR) is 90.3 cm³/mol. The Morgan fingerprint density at radius 1 is 1.04 bits per heavy atom. The lowest BCUT2D eigenvalue weighted by Crippen LogP contribution is -2.32. The molecular weight excluding hydrogens is 360 g/mol. The Balaban J connectivity index is 1.73. The third kappa shape index (κ3) is 6.12. The van der Waals surface area contributed by atoms with Crippen LogP contribution in [0.1, 0.15) is 15.9 Å². The lowest BCUT2D eigenvalue weighted by atomic mass is 10.2. The zero-order chi connectivity index (χ0) is 19.8. The van der Waals surface area contributed by atoms with E-state index in [9.17, 15) is 24.5 Å². The van der Waals surface area contributed by atoms with Gasteiger partial charge in [0.25, 0.3) is 5.69 Å². The smallest absolute Gasteiger partial charge is 0.407 e. The average Bonchev–Trinajstić information content (AvgIpc) is 2.65. The van der Waals surface area contributed by atoms with Gasteiger partial charge >= 0.3 is 18.0 Å². The Labute approximate surface area is 152 Å². The standard InChI is InChI=1S/C17H14N2O8/c20-15(27-14-7-3-12(4-8-14)16(21)22)9-18-17(23)26-10-11-1-5-13(6-2-11)19(24)25/h1-8H,9-10H2,(H,18,23)(H,21,22). The second-order valence-electron chi connectivity index (χ2n) is 5.16. The number of nitro groups is 1. The van der Waals surface area contributed by atoms with Gasteiger partial charge in [0, 0.05) is 12.1 Å². The number of aromatic carboxylic acids is 1. The number of benzene rings is 2. The van der Waals surface area contributed by atoms with Crippen LogP contribution in [0.25, 0.3) is 0 Å². The van der Waals surface area contributed by atoms with Crippen LogP contribution in [0.2, 0.25) is 0 Å². The molecule has 140 valence electrons. The second-order valence-corrected chi connectivity index (χ2v) is 5.16. The Bertz CT molecular complexity index is 846. The number of carbonyl (C=O) groups excluding carboxylic acids is 2. The number of nitro benzene ring substituents is 1. The third-order valence-electron chi connectivity index (χ3n) is 3.23. The number of rotatable bonds is 7. The molecule has 0 radical (unpaired) electrons. The number of nitrogens with one attached hydrogen (secondary N) is 1. The average molecular weight is 374 g/mol. The fraction of sp³-hybridized carbons (Fsp3) is 0.118. The molecule has 1 amide bonds. The number of nitrogens with zero attached hydrogens (tertiary/aromatic N) is 1. The lowest BCUT2D eigenvalue weighted by Gasteiger charge is -2.07. The summed E-state index contributed by atoms with van der Waals surface area (Å²) >= 11 is 0. The van der Waals surface area contributed by atoms with Crippen LogP contribution in [-0.4, -0.2) is 34.6 Å². The Hall–Kier alpha value is -3.95. The molecule has 0 spiro atoms. The minimum Gasteiger partial charge on any atom is -0.478 e. The van der Waals surface area contributed by atoms with Crippen LogP contribution in [-0.2, 0) is 16.1 Å². The van der Waals surface area contributed by atoms with Crippen molar-refractivity contribution in [3.8, 4) is 5.75 Å². The third-order valence-corrected chi connectivity index (χ3v) is 3.23. The van der Waals surface area contributed by atoms with Crippen molar-refractivity contribution in [3.05, 3.63) is 69.8 Å². The fourth-order valence-electron chi connectivity index (χ4n) is 1.89. The number of esters is 1. The van der Waals surface area contributed by atoms with Gasteiger partial charge in [-0.3, -0.25) is 10.1 Å².